The number of hydrogen-bond acceptors (Lipinski definition) is 4. The van der Waals surface area contributed by atoms with E-state index in [2.05, 4.69) is 21.5 Å². The predicted molar refractivity (Wildman–Crippen MR) is 110 cm³/mol. The average Bonchev–Trinajstić information content (AvgIpc) is 2.98. The van der Waals surface area contributed by atoms with E-state index >= 15 is 0 Å². The number of aromatic nitrogens is 1. The van der Waals surface area contributed by atoms with E-state index in [-0.39, 0.29) is 37.0 Å². The standard InChI is InChI=1S/C21H17ClN4O3/c1-2-11-26-17-6-4-3-5-16(17)20(21(26)29)25-24-19(28)13-23-18(27)12-14-7-9-15(22)10-8-14/h1,3-10,29H,11-13H2,(H,23,27). The third kappa shape index (κ3) is 4.81. The molecule has 2 amide bonds. The van der Waals surface area contributed by atoms with Crippen LogP contribution in [0.15, 0.2) is 58.8 Å². The first kappa shape index (κ1) is 20.1. The minimum Gasteiger partial charge on any atom is -0.493 e. The maximum Gasteiger partial charge on any atom is 0.283 e. The molecule has 0 aliphatic heterocycles. The number of carbonyl (C=O) groups excluding carboxylic acids is 2. The molecule has 29 heavy (non-hydrogen) atoms. The fourth-order valence-electron chi connectivity index (χ4n) is 2.79. The summed E-state index contributed by atoms with van der Waals surface area (Å²) in [5.41, 5.74) is 1.60. The van der Waals surface area contributed by atoms with Crippen LogP contribution in [0.4, 0.5) is 5.69 Å². The van der Waals surface area contributed by atoms with Gasteiger partial charge in [0.2, 0.25) is 11.8 Å². The molecule has 0 saturated heterocycles. The lowest BCUT2D eigenvalue weighted by molar-refractivity contribution is -0.124. The molecule has 0 radical (unpaired) electrons. The van der Waals surface area contributed by atoms with E-state index < -0.39 is 5.91 Å². The van der Waals surface area contributed by atoms with Crippen LogP contribution < -0.4 is 5.32 Å². The summed E-state index contributed by atoms with van der Waals surface area (Å²) >= 11 is 5.81. The molecule has 3 rings (SSSR count). The summed E-state index contributed by atoms with van der Waals surface area (Å²) in [6.45, 7) is -0.156. The molecule has 0 aliphatic rings. The molecule has 2 N–H and O–H groups in total. The maximum absolute atomic E-state index is 12.0. The highest BCUT2D eigenvalue weighted by atomic mass is 35.5. The Bertz CT molecular complexity index is 1130. The molecule has 0 atom stereocenters. The van der Waals surface area contributed by atoms with E-state index in [9.17, 15) is 14.7 Å². The van der Waals surface area contributed by atoms with Gasteiger partial charge >= 0.3 is 0 Å². The van der Waals surface area contributed by atoms with Gasteiger partial charge in [-0.1, -0.05) is 47.9 Å². The number of azo groups is 1. The first-order chi connectivity index (χ1) is 14.0. The number of rotatable bonds is 6. The van der Waals surface area contributed by atoms with Crippen molar-refractivity contribution in [1.29, 1.82) is 0 Å². The van der Waals surface area contributed by atoms with Crippen LogP contribution in [0.5, 0.6) is 5.88 Å². The van der Waals surface area contributed by atoms with Crippen molar-refractivity contribution in [3.8, 4) is 18.2 Å². The molecule has 0 spiro atoms. The Kier molecular flexibility index (Phi) is 6.27. The van der Waals surface area contributed by atoms with Crippen LogP contribution in [-0.4, -0.2) is 28.0 Å². The highest BCUT2D eigenvalue weighted by molar-refractivity contribution is 6.30. The van der Waals surface area contributed by atoms with Crippen LogP contribution in [0.25, 0.3) is 10.9 Å². The number of nitrogens with zero attached hydrogens (tertiary/aromatic N) is 3. The normalized spacial score (nSPS) is 10.9. The first-order valence-electron chi connectivity index (χ1n) is 8.69. The van der Waals surface area contributed by atoms with E-state index in [1.54, 1.807) is 48.5 Å². The smallest absolute Gasteiger partial charge is 0.283 e. The number of carbonyl (C=O) groups is 2. The van der Waals surface area contributed by atoms with Crippen molar-refractivity contribution < 1.29 is 14.7 Å². The van der Waals surface area contributed by atoms with Gasteiger partial charge in [-0.05, 0) is 23.8 Å². The van der Waals surface area contributed by atoms with Gasteiger partial charge in [-0.15, -0.1) is 16.7 Å². The molecule has 1 aromatic heterocycles. The van der Waals surface area contributed by atoms with Crippen molar-refractivity contribution >= 4 is 40.0 Å². The van der Waals surface area contributed by atoms with Gasteiger partial charge in [0.1, 0.15) is 6.54 Å². The minimum absolute atomic E-state index is 0.113. The van der Waals surface area contributed by atoms with Gasteiger partial charge in [0.25, 0.3) is 5.91 Å². The lowest BCUT2D eigenvalue weighted by Gasteiger charge is -2.03. The molecule has 0 bridgehead atoms. The van der Waals surface area contributed by atoms with Gasteiger partial charge in [0.05, 0.1) is 18.5 Å². The Morgan fingerprint density at radius 3 is 2.62 bits per heavy atom. The highest BCUT2D eigenvalue weighted by Crippen LogP contribution is 2.38. The number of para-hydroxylation sites is 1. The molecule has 0 unspecified atom stereocenters. The zero-order valence-electron chi connectivity index (χ0n) is 15.3. The average molecular weight is 409 g/mol. The monoisotopic (exact) mass is 408 g/mol. The fraction of sp³-hybridized carbons (Fsp3) is 0.143. The summed E-state index contributed by atoms with van der Waals surface area (Å²) in [6.07, 6.45) is 5.46. The molecule has 0 aliphatic carbocycles. The van der Waals surface area contributed by atoms with Crippen molar-refractivity contribution in [2.24, 2.45) is 10.2 Å². The molecule has 0 fully saturated rings. The quantitative estimate of drug-likeness (QED) is 0.481. The number of terminal acetylenes is 1. The Morgan fingerprint density at radius 2 is 1.90 bits per heavy atom. The van der Waals surface area contributed by atoms with Gasteiger partial charge in [0, 0.05) is 10.4 Å². The van der Waals surface area contributed by atoms with E-state index in [1.807, 2.05) is 0 Å². The van der Waals surface area contributed by atoms with Crippen molar-refractivity contribution in [2.75, 3.05) is 6.54 Å². The topological polar surface area (TPSA) is 96.0 Å². The summed E-state index contributed by atoms with van der Waals surface area (Å²) in [7, 11) is 0. The predicted octanol–water partition coefficient (Wildman–Crippen LogP) is 3.60. The number of fused-ring (bicyclic) bond motifs is 1. The zero-order chi connectivity index (χ0) is 20.8. The molecule has 2 aromatic carbocycles. The number of halogens is 1. The zero-order valence-corrected chi connectivity index (χ0v) is 16.1. The minimum atomic E-state index is -0.650. The van der Waals surface area contributed by atoms with Crippen molar-refractivity contribution in [1.82, 2.24) is 9.88 Å². The fourth-order valence-corrected chi connectivity index (χ4v) is 2.91. The number of aromatic hydroxyl groups is 1. The number of amides is 2. The van der Waals surface area contributed by atoms with Crippen LogP contribution in [0.1, 0.15) is 5.56 Å². The summed E-state index contributed by atoms with van der Waals surface area (Å²) in [6, 6.07) is 13.9. The van der Waals surface area contributed by atoms with E-state index in [0.717, 1.165) is 5.56 Å². The van der Waals surface area contributed by atoms with Crippen molar-refractivity contribution in [2.45, 2.75) is 13.0 Å². The summed E-state index contributed by atoms with van der Waals surface area (Å²) in [5, 5.41) is 21.5. The lowest BCUT2D eigenvalue weighted by atomic mass is 10.1. The third-order valence-corrected chi connectivity index (χ3v) is 4.40. The van der Waals surface area contributed by atoms with Crippen LogP contribution in [-0.2, 0) is 22.6 Å². The largest absolute Gasteiger partial charge is 0.493 e. The molecule has 3 aromatic rings. The van der Waals surface area contributed by atoms with Crippen LogP contribution in [0.2, 0.25) is 5.02 Å². The SMILES string of the molecule is C#CCn1c(O)c(N=NC(=O)CNC(=O)Cc2ccc(Cl)cc2)c2ccccc21. The second-order valence-corrected chi connectivity index (χ2v) is 6.59. The highest BCUT2D eigenvalue weighted by Gasteiger charge is 2.16. The second kappa shape index (κ2) is 9.04. The molecule has 1 heterocycles. The van der Waals surface area contributed by atoms with E-state index in [4.69, 9.17) is 18.0 Å². The van der Waals surface area contributed by atoms with Gasteiger partial charge < -0.3 is 10.4 Å². The van der Waals surface area contributed by atoms with Gasteiger partial charge in [-0.3, -0.25) is 14.2 Å². The number of benzene rings is 2. The van der Waals surface area contributed by atoms with Crippen LogP contribution in [0, 0.1) is 12.3 Å². The molecular weight excluding hydrogens is 392 g/mol. The van der Waals surface area contributed by atoms with Gasteiger partial charge in [-0.2, -0.15) is 0 Å². The molecule has 146 valence electrons. The van der Waals surface area contributed by atoms with Crippen molar-refractivity contribution in [3.63, 3.8) is 0 Å². The van der Waals surface area contributed by atoms with Gasteiger partial charge in [0.15, 0.2) is 5.69 Å². The van der Waals surface area contributed by atoms with Crippen LogP contribution >= 0.6 is 11.6 Å². The molecular formula is C21H17ClN4O3. The third-order valence-electron chi connectivity index (χ3n) is 4.14. The molecule has 7 nitrogen and oxygen atoms in total. The number of nitrogens with one attached hydrogen (secondary N) is 1. The molecule has 0 saturated carbocycles. The Morgan fingerprint density at radius 1 is 1.17 bits per heavy atom. The van der Waals surface area contributed by atoms with Crippen molar-refractivity contribution in [3.05, 3.63) is 59.1 Å². The summed E-state index contributed by atoms with van der Waals surface area (Å²) in [4.78, 5) is 23.9. The Hall–Kier alpha value is -3.63. The lowest BCUT2D eigenvalue weighted by Crippen LogP contribution is -2.29. The van der Waals surface area contributed by atoms with Gasteiger partial charge in [-0.25, -0.2) is 0 Å². The van der Waals surface area contributed by atoms with Crippen LogP contribution in [0.3, 0.4) is 0 Å². The summed E-state index contributed by atoms with van der Waals surface area (Å²) < 4.78 is 1.50. The van der Waals surface area contributed by atoms with E-state index in [0.29, 0.717) is 15.9 Å². The first-order valence-corrected chi connectivity index (χ1v) is 9.06. The second-order valence-electron chi connectivity index (χ2n) is 6.15. The molecule has 8 heteroatoms. The summed E-state index contributed by atoms with van der Waals surface area (Å²) in [5.74, 6) is 1.31. The Labute approximate surface area is 172 Å². The maximum atomic E-state index is 12.0. The number of hydrogen-bond donors (Lipinski definition) is 2. The Balaban J connectivity index is 1.65. The van der Waals surface area contributed by atoms with E-state index in [1.165, 1.54) is 4.57 Å².